The third-order valence-corrected chi connectivity index (χ3v) is 4.68. The lowest BCUT2D eigenvalue weighted by atomic mass is 9.87. The minimum absolute atomic E-state index is 0.00950. The molecule has 0 saturated heterocycles. The molecule has 142 valence electrons. The number of amides is 2. The fourth-order valence-electron chi connectivity index (χ4n) is 3.29. The molecule has 0 unspecified atom stereocenters. The molecule has 26 heavy (non-hydrogen) atoms. The van der Waals surface area contributed by atoms with Crippen LogP contribution in [0.2, 0.25) is 0 Å². The Kier molecular flexibility index (Phi) is 6.57. The highest BCUT2D eigenvalue weighted by Crippen LogP contribution is 2.35. The summed E-state index contributed by atoms with van der Waals surface area (Å²) in [4.78, 5) is 23.7. The average Bonchev–Trinajstić information content (AvgIpc) is 3.12. The van der Waals surface area contributed by atoms with Crippen LogP contribution < -0.4 is 24.8 Å². The Bertz CT molecular complexity index is 628. The predicted molar refractivity (Wildman–Crippen MR) is 95.3 cm³/mol. The molecule has 1 heterocycles. The van der Waals surface area contributed by atoms with Crippen LogP contribution in [0.5, 0.6) is 17.2 Å². The Balaban J connectivity index is 1.26. The summed E-state index contributed by atoms with van der Waals surface area (Å²) in [6.45, 7) is 0.935. The van der Waals surface area contributed by atoms with Gasteiger partial charge in [-0.1, -0.05) is 19.3 Å². The van der Waals surface area contributed by atoms with Crippen molar-refractivity contribution in [3.63, 3.8) is 0 Å². The van der Waals surface area contributed by atoms with Gasteiger partial charge < -0.3 is 24.8 Å². The van der Waals surface area contributed by atoms with Crippen LogP contribution in [0.3, 0.4) is 0 Å². The second-order valence-corrected chi connectivity index (χ2v) is 6.70. The molecule has 1 aliphatic carbocycles. The number of carbonyl (C=O) groups is 2. The fraction of sp³-hybridized carbons (Fsp3) is 0.579. The van der Waals surface area contributed by atoms with Crippen LogP contribution >= 0.6 is 0 Å². The number of fused-ring (bicyclic) bond motifs is 1. The molecule has 2 aliphatic rings. The molecule has 0 radical (unpaired) electrons. The van der Waals surface area contributed by atoms with E-state index in [-0.39, 0.29) is 25.2 Å². The van der Waals surface area contributed by atoms with Gasteiger partial charge in [-0.25, -0.2) is 0 Å². The van der Waals surface area contributed by atoms with Crippen molar-refractivity contribution in [1.29, 1.82) is 0 Å². The summed E-state index contributed by atoms with van der Waals surface area (Å²) in [5.74, 6) is 2.24. The number of rotatable bonds is 8. The number of carbonyl (C=O) groups excluding carboxylic acids is 2. The summed E-state index contributed by atoms with van der Waals surface area (Å²) in [7, 11) is 0. The highest BCUT2D eigenvalue weighted by Gasteiger charge is 2.17. The van der Waals surface area contributed by atoms with Crippen LogP contribution in [0.25, 0.3) is 0 Å². The Morgan fingerprint density at radius 3 is 2.69 bits per heavy atom. The quantitative estimate of drug-likeness (QED) is 0.691. The van der Waals surface area contributed by atoms with E-state index in [2.05, 4.69) is 10.6 Å². The zero-order chi connectivity index (χ0) is 18.2. The molecule has 0 spiro atoms. The van der Waals surface area contributed by atoms with Crippen LogP contribution in [-0.2, 0) is 9.59 Å². The largest absolute Gasteiger partial charge is 0.492 e. The van der Waals surface area contributed by atoms with E-state index in [0.717, 1.165) is 12.8 Å². The van der Waals surface area contributed by atoms with Gasteiger partial charge in [0.2, 0.25) is 18.6 Å². The Hall–Kier alpha value is -2.44. The molecule has 0 aromatic heterocycles. The van der Waals surface area contributed by atoms with E-state index in [1.54, 1.807) is 18.2 Å². The first-order chi connectivity index (χ1) is 12.7. The van der Waals surface area contributed by atoms with E-state index in [1.165, 1.54) is 19.3 Å². The molecular weight excluding hydrogens is 336 g/mol. The van der Waals surface area contributed by atoms with Gasteiger partial charge >= 0.3 is 0 Å². The van der Waals surface area contributed by atoms with Crippen molar-refractivity contribution < 1.29 is 23.8 Å². The standard InChI is InChI=1S/C19H26N2O5/c22-18(10-14-4-2-1-3-5-14)21-12-19(23)20-8-9-24-15-6-7-16-17(11-15)26-13-25-16/h6-7,11,14H,1-5,8-10,12-13H2,(H,20,23)(H,21,22). The van der Waals surface area contributed by atoms with Crippen molar-refractivity contribution in [1.82, 2.24) is 10.6 Å². The average molecular weight is 362 g/mol. The molecule has 2 amide bonds. The van der Waals surface area contributed by atoms with E-state index < -0.39 is 0 Å². The van der Waals surface area contributed by atoms with Gasteiger partial charge in [-0.05, 0) is 30.9 Å². The molecule has 3 rings (SSSR count). The zero-order valence-electron chi connectivity index (χ0n) is 14.9. The molecule has 1 fully saturated rings. The minimum Gasteiger partial charge on any atom is -0.492 e. The summed E-state index contributed by atoms with van der Waals surface area (Å²) in [6.07, 6.45) is 6.46. The maximum atomic E-state index is 11.9. The smallest absolute Gasteiger partial charge is 0.239 e. The predicted octanol–water partition coefficient (Wildman–Crippen LogP) is 2.00. The molecule has 7 nitrogen and oxygen atoms in total. The molecule has 1 saturated carbocycles. The van der Waals surface area contributed by atoms with Crippen LogP contribution in [0, 0.1) is 5.92 Å². The summed E-state index contributed by atoms with van der Waals surface area (Å²) in [5, 5.41) is 5.42. The van der Waals surface area contributed by atoms with Crippen LogP contribution in [0.15, 0.2) is 18.2 Å². The van der Waals surface area contributed by atoms with Crippen molar-refractivity contribution in [2.75, 3.05) is 26.5 Å². The minimum atomic E-state index is -0.212. The molecule has 2 N–H and O–H groups in total. The SMILES string of the molecule is O=C(CNC(=O)CC1CCCCC1)NCCOc1ccc2c(c1)OCO2. The summed E-state index contributed by atoms with van der Waals surface area (Å²) < 4.78 is 16.1. The number of benzene rings is 1. The lowest BCUT2D eigenvalue weighted by Gasteiger charge is -2.20. The van der Waals surface area contributed by atoms with Crippen molar-refractivity contribution in [2.24, 2.45) is 5.92 Å². The first kappa shape index (κ1) is 18.4. The summed E-state index contributed by atoms with van der Waals surface area (Å²) in [6, 6.07) is 5.34. The number of hydrogen-bond donors (Lipinski definition) is 2. The molecule has 1 aliphatic heterocycles. The molecule has 1 aromatic rings. The Morgan fingerprint density at radius 1 is 1.04 bits per heavy atom. The Morgan fingerprint density at radius 2 is 1.85 bits per heavy atom. The zero-order valence-corrected chi connectivity index (χ0v) is 14.9. The third-order valence-electron chi connectivity index (χ3n) is 4.68. The van der Waals surface area contributed by atoms with Crippen LogP contribution in [0.1, 0.15) is 38.5 Å². The summed E-state index contributed by atoms with van der Waals surface area (Å²) >= 11 is 0. The molecular formula is C19H26N2O5. The normalized spacial score (nSPS) is 16.2. The van der Waals surface area contributed by atoms with E-state index in [0.29, 0.717) is 42.7 Å². The van der Waals surface area contributed by atoms with E-state index in [1.807, 2.05) is 0 Å². The molecule has 0 atom stereocenters. The maximum Gasteiger partial charge on any atom is 0.239 e. The highest BCUT2D eigenvalue weighted by atomic mass is 16.7. The van der Waals surface area contributed by atoms with Gasteiger partial charge in [0.15, 0.2) is 11.5 Å². The van der Waals surface area contributed by atoms with Crippen LogP contribution in [0.4, 0.5) is 0 Å². The first-order valence-corrected chi connectivity index (χ1v) is 9.26. The van der Waals surface area contributed by atoms with Gasteiger partial charge in [0.05, 0.1) is 13.1 Å². The van der Waals surface area contributed by atoms with Gasteiger partial charge in [-0.2, -0.15) is 0 Å². The van der Waals surface area contributed by atoms with Crippen LogP contribution in [-0.4, -0.2) is 38.3 Å². The van der Waals surface area contributed by atoms with Crippen molar-refractivity contribution in [3.8, 4) is 17.2 Å². The Labute approximate surface area is 153 Å². The second kappa shape index (κ2) is 9.31. The van der Waals surface area contributed by atoms with Crippen molar-refractivity contribution in [3.05, 3.63) is 18.2 Å². The van der Waals surface area contributed by atoms with Crippen molar-refractivity contribution in [2.45, 2.75) is 38.5 Å². The molecule has 1 aromatic carbocycles. The topological polar surface area (TPSA) is 85.9 Å². The van der Waals surface area contributed by atoms with E-state index >= 15 is 0 Å². The lowest BCUT2D eigenvalue weighted by Crippen LogP contribution is -2.39. The van der Waals surface area contributed by atoms with Gasteiger partial charge in [0.25, 0.3) is 0 Å². The fourth-order valence-corrected chi connectivity index (χ4v) is 3.29. The van der Waals surface area contributed by atoms with Gasteiger partial charge in [0.1, 0.15) is 12.4 Å². The lowest BCUT2D eigenvalue weighted by molar-refractivity contribution is -0.126. The maximum absolute atomic E-state index is 11.9. The van der Waals surface area contributed by atoms with Crippen molar-refractivity contribution >= 4 is 11.8 Å². The number of ether oxygens (including phenoxy) is 3. The van der Waals surface area contributed by atoms with E-state index in [4.69, 9.17) is 14.2 Å². The third kappa shape index (κ3) is 5.54. The molecule has 7 heteroatoms. The molecule has 0 bridgehead atoms. The highest BCUT2D eigenvalue weighted by molar-refractivity contribution is 5.84. The monoisotopic (exact) mass is 362 g/mol. The van der Waals surface area contributed by atoms with Gasteiger partial charge in [0, 0.05) is 12.5 Å². The number of nitrogens with one attached hydrogen (secondary N) is 2. The summed E-state index contributed by atoms with van der Waals surface area (Å²) in [5.41, 5.74) is 0. The first-order valence-electron chi connectivity index (χ1n) is 9.26. The second-order valence-electron chi connectivity index (χ2n) is 6.70. The van der Waals surface area contributed by atoms with Gasteiger partial charge in [-0.15, -0.1) is 0 Å². The van der Waals surface area contributed by atoms with Gasteiger partial charge in [-0.3, -0.25) is 9.59 Å². The number of hydrogen-bond acceptors (Lipinski definition) is 5. The van der Waals surface area contributed by atoms with E-state index in [9.17, 15) is 9.59 Å².